The normalized spacial score (nSPS) is 14.8. The molecule has 2 aliphatic carbocycles. The maximum Gasteiger partial charge on any atom is 0.137 e. The van der Waals surface area contributed by atoms with Gasteiger partial charge in [0.05, 0.1) is 27.5 Å². The summed E-state index contributed by atoms with van der Waals surface area (Å²) in [6.45, 7) is 0. The molecule has 288 valence electrons. The molecule has 3 nitrogen and oxygen atoms in total. The van der Waals surface area contributed by atoms with E-state index in [0.29, 0.717) is 0 Å². The van der Waals surface area contributed by atoms with Crippen molar-refractivity contribution in [2.45, 2.75) is 5.41 Å². The van der Waals surface area contributed by atoms with Crippen LogP contribution in [-0.2, 0) is 5.41 Å². The van der Waals surface area contributed by atoms with Gasteiger partial charge in [-0.05, 0) is 116 Å². The molecule has 62 heavy (non-hydrogen) atoms. The van der Waals surface area contributed by atoms with Gasteiger partial charge >= 0.3 is 0 Å². The molecule has 0 radical (unpaired) electrons. The first kappa shape index (κ1) is 33.7. The minimum absolute atomic E-state index is 0.517. The average Bonchev–Trinajstić information content (AvgIpc) is 3.97. The van der Waals surface area contributed by atoms with Gasteiger partial charge in [-0.25, -0.2) is 0 Å². The first-order chi connectivity index (χ1) is 30.8. The summed E-state index contributed by atoms with van der Waals surface area (Å²) in [6, 6.07) is 80.4. The van der Waals surface area contributed by atoms with E-state index in [1.54, 1.807) is 0 Å². The molecule has 2 aromatic heterocycles. The van der Waals surface area contributed by atoms with Gasteiger partial charge in [-0.3, -0.25) is 0 Å². The predicted molar refractivity (Wildman–Crippen MR) is 257 cm³/mol. The summed E-state index contributed by atoms with van der Waals surface area (Å²) in [6.07, 6.45) is 0. The quantitative estimate of drug-likeness (QED) is 0.177. The maximum absolute atomic E-state index is 6.44. The summed E-state index contributed by atoms with van der Waals surface area (Å²) in [5, 5.41) is 7.25. The van der Waals surface area contributed by atoms with E-state index in [-0.39, 0.29) is 0 Å². The number of para-hydroxylation sites is 3. The van der Waals surface area contributed by atoms with E-state index in [4.69, 9.17) is 4.42 Å². The molecule has 2 aliphatic rings. The topological polar surface area (TPSA) is 21.3 Å². The van der Waals surface area contributed by atoms with Crippen LogP contribution in [0.3, 0.4) is 0 Å². The second-order valence-corrected chi connectivity index (χ2v) is 16.8. The Bertz CT molecular complexity index is 3830. The average molecular weight is 789 g/mol. The molecule has 0 amide bonds. The van der Waals surface area contributed by atoms with Crippen LogP contribution in [0, 0.1) is 0 Å². The number of furan rings is 1. The smallest absolute Gasteiger partial charge is 0.137 e. The number of nitrogens with zero attached hydrogens (tertiary/aromatic N) is 2. The van der Waals surface area contributed by atoms with E-state index in [9.17, 15) is 0 Å². The zero-order valence-corrected chi connectivity index (χ0v) is 33.6. The van der Waals surface area contributed by atoms with Gasteiger partial charge in [0, 0.05) is 33.2 Å². The first-order valence-corrected chi connectivity index (χ1v) is 21.4. The first-order valence-electron chi connectivity index (χ1n) is 21.4. The molecule has 0 bridgehead atoms. The zero-order valence-electron chi connectivity index (χ0n) is 33.6. The SMILES string of the molecule is c1ccc(N(c2ccc3c(c2)C2(c4ccccc4-3)c3ccccc3-c3cccc4cccc2c34)c2ccc3c4ccccc4n(-c4cccc5oc6ccccc6c45)c3c2)cc1. The van der Waals surface area contributed by atoms with Crippen LogP contribution in [-0.4, -0.2) is 4.57 Å². The van der Waals surface area contributed by atoms with Crippen LogP contribution in [0.15, 0.2) is 223 Å². The fraction of sp³-hybridized carbons (Fsp3) is 0.0169. The Kier molecular flexibility index (Phi) is 6.76. The standard InChI is InChI=1S/C59H36N2O/c1-2-17-38(18-3-1)60(40-32-34-45-44-21-6-10-27-52(44)61(54(45)36-40)53-28-14-30-56-58(53)47-22-7-11-29-55(47)62-56)39-31-33-43-41-19-4-8-24-48(41)59(51(43)35-39)49-25-9-5-20-42(49)46-23-12-15-37-16-13-26-50(59)57(37)46/h1-36H. The number of hydrogen-bond donors (Lipinski definition) is 0. The predicted octanol–water partition coefficient (Wildman–Crippen LogP) is 15.6. The van der Waals surface area contributed by atoms with Crippen molar-refractivity contribution >= 4 is 71.6 Å². The highest BCUT2D eigenvalue weighted by molar-refractivity contribution is 6.15. The molecule has 0 saturated heterocycles. The van der Waals surface area contributed by atoms with Gasteiger partial charge in [-0.1, -0.05) is 158 Å². The van der Waals surface area contributed by atoms with Crippen molar-refractivity contribution < 1.29 is 4.42 Å². The van der Waals surface area contributed by atoms with E-state index < -0.39 is 5.41 Å². The van der Waals surface area contributed by atoms with E-state index in [1.807, 2.05) is 6.07 Å². The lowest BCUT2D eigenvalue weighted by atomic mass is 9.61. The minimum Gasteiger partial charge on any atom is -0.456 e. The number of hydrogen-bond acceptors (Lipinski definition) is 2. The highest BCUT2D eigenvalue weighted by atomic mass is 16.3. The molecular formula is C59H36N2O. The maximum atomic E-state index is 6.44. The van der Waals surface area contributed by atoms with Crippen LogP contribution >= 0.6 is 0 Å². The summed E-state index contributed by atoms with van der Waals surface area (Å²) < 4.78 is 8.88. The summed E-state index contributed by atoms with van der Waals surface area (Å²) in [5.74, 6) is 0. The number of fused-ring (bicyclic) bond motifs is 15. The molecule has 3 heteroatoms. The van der Waals surface area contributed by atoms with Gasteiger partial charge in [0.2, 0.25) is 0 Å². The van der Waals surface area contributed by atoms with E-state index in [1.165, 1.54) is 66.1 Å². The molecule has 0 fully saturated rings. The number of anilines is 3. The van der Waals surface area contributed by atoms with Crippen molar-refractivity contribution in [3.05, 3.63) is 241 Å². The van der Waals surface area contributed by atoms with Gasteiger partial charge in [0.1, 0.15) is 11.2 Å². The minimum atomic E-state index is -0.517. The summed E-state index contributed by atoms with van der Waals surface area (Å²) in [4.78, 5) is 2.44. The van der Waals surface area contributed by atoms with Crippen LogP contribution < -0.4 is 4.90 Å². The van der Waals surface area contributed by atoms with Crippen molar-refractivity contribution in [1.82, 2.24) is 4.57 Å². The van der Waals surface area contributed by atoms with Gasteiger partial charge in [-0.15, -0.1) is 0 Å². The van der Waals surface area contributed by atoms with Crippen LogP contribution in [0.1, 0.15) is 22.3 Å². The molecule has 0 N–H and O–H groups in total. The third kappa shape index (κ3) is 4.34. The highest BCUT2D eigenvalue weighted by Gasteiger charge is 2.50. The Morgan fingerprint density at radius 1 is 0.355 bits per heavy atom. The monoisotopic (exact) mass is 788 g/mol. The van der Waals surface area contributed by atoms with Gasteiger partial charge in [-0.2, -0.15) is 0 Å². The lowest BCUT2D eigenvalue weighted by Crippen LogP contribution is -2.32. The van der Waals surface area contributed by atoms with E-state index in [0.717, 1.165) is 55.7 Å². The molecule has 0 aliphatic heterocycles. The van der Waals surface area contributed by atoms with Gasteiger partial charge in [0.25, 0.3) is 0 Å². The third-order valence-electron chi connectivity index (χ3n) is 13.8. The molecule has 0 saturated carbocycles. The Morgan fingerprint density at radius 2 is 0.952 bits per heavy atom. The second kappa shape index (κ2) is 12.4. The van der Waals surface area contributed by atoms with Crippen LogP contribution in [0.25, 0.3) is 82.5 Å². The molecule has 1 spiro atoms. The molecule has 14 rings (SSSR count). The second-order valence-electron chi connectivity index (χ2n) is 16.8. The molecule has 2 heterocycles. The Hall–Kier alpha value is -8.14. The van der Waals surface area contributed by atoms with Gasteiger partial charge < -0.3 is 13.9 Å². The lowest BCUT2D eigenvalue weighted by molar-refractivity contribution is 0.669. The molecular weight excluding hydrogens is 753 g/mol. The van der Waals surface area contributed by atoms with Crippen LogP contribution in [0.5, 0.6) is 0 Å². The Balaban J connectivity index is 1.05. The number of aromatic nitrogens is 1. The Labute approximate surface area is 358 Å². The number of rotatable bonds is 4. The van der Waals surface area contributed by atoms with Crippen molar-refractivity contribution in [3.8, 4) is 27.9 Å². The van der Waals surface area contributed by atoms with Crippen molar-refractivity contribution in [3.63, 3.8) is 0 Å². The van der Waals surface area contributed by atoms with Crippen molar-refractivity contribution in [2.24, 2.45) is 0 Å². The largest absolute Gasteiger partial charge is 0.456 e. The Morgan fingerprint density at radius 3 is 1.81 bits per heavy atom. The van der Waals surface area contributed by atoms with E-state index >= 15 is 0 Å². The fourth-order valence-corrected chi connectivity index (χ4v) is 11.4. The van der Waals surface area contributed by atoms with Crippen LogP contribution in [0.2, 0.25) is 0 Å². The fourth-order valence-electron chi connectivity index (χ4n) is 11.4. The van der Waals surface area contributed by atoms with Crippen LogP contribution in [0.4, 0.5) is 17.1 Å². The molecule has 10 aromatic carbocycles. The van der Waals surface area contributed by atoms with E-state index in [2.05, 4.69) is 222 Å². The third-order valence-corrected chi connectivity index (χ3v) is 13.8. The molecule has 1 unspecified atom stereocenters. The van der Waals surface area contributed by atoms with Crippen molar-refractivity contribution in [1.29, 1.82) is 0 Å². The summed E-state index contributed by atoms with van der Waals surface area (Å²) >= 11 is 0. The van der Waals surface area contributed by atoms with Gasteiger partial charge in [0.15, 0.2) is 0 Å². The number of benzene rings is 10. The lowest BCUT2D eigenvalue weighted by Gasteiger charge is -2.40. The molecule has 12 aromatic rings. The zero-order chi connectivity index (χ0) is 40.5. The summed E-state index contributed by atoms with van der Waals surface area (Å²) in [5.41, 5.74) is 18.4. The summed E-state index contributed by atoms with van der Waals surface area (Å²) in [7, 11) is 0. The van der Waals surface area contributed by atoms with Crippen molar-refractivity contribution in [2.75, 3.05) is 4.90 Å². The highest BCUT2D eigenvalue weighted by Crippen LogP contribution is 2.62. The molecule has 1 atom stereocenters.